The van der Waals surface area contributed by atoms with Crippen molar-refractivity contribution in [3.05, 3.63) is 40.3 Å². The Morgan fingerprint density at radius 2 is 1.59 bits per heavy atom. The molecule has 2 saturated carbocycles. The number of hydrogen-bond donors (Lipinski definition) is 1. The van der Waals surface area contributed by atoms with Gasteiger partial charge in [0.05, 0.1) is 11.0 Å². The molecule has 4 aliphatic rings. The minimum Gasteiger partial charge on any atom is -0.476 e. The van der Waals surface area contributed by atoms with Gasteiger partial charge >= 0.3 is 5.97 Å². The number of oxime groups is 1. The SMILES string of the molecule is CC(C)ON=C(C(=O)O)c1nc2ccccc2n(C2CC3CCC[C@H](C2)N3C2CC3CCCCC(C3)C2)c1=O. The van der Waals surface area contributed by atoms with E-state index in [1.807, 2.05) is 28.8 Å². The molecule has 1 aromatic heterocycles. The first-order valence-electron chi connectivity index (χ1n) is 15.1. The molecule has 4 unspecified atom stereocenters. The lowest BCUT2D eigenvalue weighted by molar-refractivity contribution is -0.129. The van der Waals surface area contributed by atoms with Gasteiger partial charge in [0.2, 0.25) is 5.71 Å². The first-order valence-corrected chi connectivity index (χ1v) is 15.1. The molecular weight excluding hydrogens is 492 g/mol. The second-order valence-electron chi connectivity index (χ2n) is 12.7. The van der Waals surface area contributed by atoms with Crippen LogP contribution in [0.25, 0.3) is 11.0 Å². The number of rotatable bonds is 6. The molecule has 1 N–H and O–H groups in total. The standard InChI is InChI=1S/C31H42N4O4/c1-19(2)39-33-29(31(37)38)28-30(36)35(27-13-6-5-12-26(27)32-28)25-17-22-10-7-11-23(18-25)34(22)24-15-20-8-3-4-9-21(14-20)16-24/h5-6,12-13,19-25H,3-4,7-11,14-18H2,1-2H3,(H,37,38)/t20?,21?,22-,23?,24?,25?/m1/s1. The third-order valence-electron chi connectivity index (χ3n) is 9.72. The lowest BCUT2D eigenvalue weighted by atomic mass is 9.73. The normalized spacial score (nSPS) is 31.7. The van der Waals surface area contributed by atoms with Gasteiger partial charge in [-0.1, -0.05) is 49.4 Å². The van der Waals surface area contributed by atoms with Crippen molar-refractivity contribution in [3.63, 3.8) is 0 Å². The van der Waals surface area contributed by atoms with Crippen LogP contribution in [0.3, 0.4) is 0 Å². The van der Waals surface area contributed by atoms with E-state index >= 15 is 0 Å². The van der Waals surface area contributed by atoms with Crippen LogP contribution >= 0.6 is 0 Å². The van der Waals surface area contributed by atoms with Crippen LogP contribution in [0, 0.1) is 11.8 Å². The number of carboxylic acid groups (broad SMARTS) is 1. The molecule has 8 heteroatoms. The van der Waals surface area contributed by atoms with Crippen molar-refractivity contribution >= 4 is 22.7 Å². The second kappa shape index (κ2) is 11.0. The monoisotopic (exact) mass is 534 g/mol. The lowest BCUT2D eigenvalue weighted by Crippen LogP contribution is -2.58. The van der Waals surface area contributed by atoms with E-state index in [1.54, 1.807) is 13.8 Å². The predicted molar refractivity (Wildman–Crippen MR) is 151 cm³/mol. The maximum absolute atomic E-state index is 14.0. The topological polar surface area (TPSA) is 97.0 Å². The molecule has 2 aliphatic heterocycles. The van der Waals surface area contributed by atoms with E-state index in [-0.39, 0.29) is 23.4 Å². The second-order valence-corrected chi connectivity index (χ2v) is 12.7. The molecule has 4 fully saturated rings. The smallest absolute Gasteiger partial charge is 0.360 e. The number of benzene rings is 1. The molecule has 0 spiro atoms. The highest BCUT2D eigenvalue weighted by Gasteiger charge is 2.45. The van der Waals surface area contributed by atoms with Gasteiger partial charge in [-0.3, -0.25) is 9.69 Å². The number of carboxylic acids is 1. The Labute approximate surface area is 230 Å². The first-order chi connectivity index (χ1) is 18.9. The minimum absolute atomic E-state index is 0.00244. The summed E-state index contributed by atoms with van der Waals surface area (Å²) in [6.07, 6.45) is 14.8. The number of nitrogens with zero attached hydrogens (tertiary/aromatic N) is 4. The Bertz CT molecular complexity index is 1280. The quantitative estimate of drug-likeness (QED) is 0.387. The van der Waals surface area contributed by atoms with E-state index in [9.17, 15) is 14.7 Å². The van der Waals surface area contributed by atoms with Gasteiger partial charge in [0.25, 0.3) is 5.56 Å². The van der Waals surface area contributed by atoms with Gasteiger partial charge in [0.1, 0.15) is 6.10 Å². The summed E-state index contributed by atoms with van der Waals surface area (Å²) in [6.45, 7) is 3.53. The van der Waals surface area contributed by atoms with Crippen LogP contribution in [0.1, 0.15) is 103 Å². The predicted octanol–water partition coefficient (Wildman–Crippen LogP) is 5.53. The highest BCUT2D eigenvalue weighted by Crippen LogP contribution is 2.47. The molecule has 2 saturated heterocycles. The molecule has 0 amide bonds. The summed E-state index contributed by atoms with van der Waals surface area (Å²) in [5.41, 5.74) is 0.402. The number of aliphatic carboxylic acids is 1. The van der Waals surface area contributed by atoms with Gasteiger partial charge in [-0.15, -0.1) is 0 Å². The van der Waals surface area contributed by atoms with Crippen LogP contribution < -0.4 is 5.56 Å². The molecule has 39 heavy (non-hydrogen) atoms. The average molecular weight is 535 g/mol. The highest BCUT2D eigenvalue weighted by molar-refractivity contribution is 6.41. The fourth-order valence-electron chi connectivity index (χ4n) is 8.32. The Balaban J connectivity index is 1.36. The van der Waals surface area contributed by atoms with E-state index in [4.69, 9.17) is 4.84 Å². The van der Waals surface area contributed by atoms with Crippen LogP contribution in [0.4, 0.5) is 0 Å². The molecule has 2 aliphatic carbocycles. The molecule has 5 atom stereocenters. The van der Waals surface area contributed by atoms with Crippen molar-refractivity contribution < 1.29 is 14.7 Å². The van der Waals surface area contributed by atoms with Crippen molar-refractivity contribution in [1.29, 1.82) is 0 Å². The number of fused-ring (bicyclic) bond motifs is 5. The fraction of sp³-hybridized carbons (Fsp3) is 0.677. The van der Waals surface area contributed by atoms with Gasteiger partial charge in [0.15, 0.2) is 5.69 Å². The van der Waals surface area contributed by atoms with E-state index in [1.165, 1.54) is 64.2 Å². The van der Waals surface area contributed by atoms with Gasteiger partial charge in [-0.25, -0.2) is 9.78 Å². The third-order valence-corrected chi connectivity index (χ3v) is 9.72. The zero-order chi connectivity index (χ0) is 27.1. The first kappa shape index (κ1) is 26.5. The van der Waals surface area contributed by atoms with E-state index in [0.29, 0.717) is 23.6 Å². The largest absolute Gasteiger partial charge is 0.476 e. The Hall–Kier alpha value is -2.74. The summed E-state index contributed by atoms with van der Waals surface area (Å²) < 4.78 is 1.84. The Morgan fingerprint density at radius 1 is 0.923 bits per heavy atom. The molecule has 8 nitrogen and oxygen atoms in total. The molecule has 210 valence electrons. The number of carbonyl (C=O) groups is 1. The Morgan fingerprint density at radius 3 is 2.23 bits per heavy atom. The van der Waals surface area contributed by atoms with Crippen LogP contribution in [0.15, 0.2) is 34.2 Å². The lowest BCUT2D eigenvalue weighted by Gasteiger charge is -2.54. The number of hydrogen-bond acceptors (Lipinski definition) is 6. The summed E-state index contributed by atoms with van der Waals surface area (Å²) in [4.78, 5) is 38.9. The van der Waals surface area contributed by atoms with Crippen molar-refractivity contribution in [2.45, 2.75) is 121 Å². The molecule has 4 bridgehead atoms. The van der Waals surface area contributed by atoms with Crippen LogP contribution in [0.2, 0.25) is 0 Å². The van der Waals surface area contributed by atoms with Crippen LogP contribution in [-0.4, -0.2) is 55.5 Å². The van der Waals surface area contributed by atoms with E-state index in [2.05, 4.69) is 15.0 Å². The zero-order valence-electron chi connectivity index (χ0n) is 23.3. The van der Waals surface area contributed by atoms with Crippen molar-refractivity contribution in [2.75, 3.05) is 0 Å². The van der Waals surface area contributed by atoms with Gasteiger partial charge in [-0.05, 0) is 82.8 Å². The molecule has 1 aromatic carbocycles. The third kappa shape index (κ3) is 5.24. The number of para-hydroxylation sites is 2. The van der Waals surface area contributed by atoms with Crippen LogP contribution in [-0.2, 0) is 9.63 Å². The molecular formula is C31H42N4O4. The van der Waals surface area contributed by atoms with Gasteiger partial charge in [-0.2, -0.15) is 0 Å². The van der Waals surface area contributed by atoms with Gasteiger partial charge in [0, 0.05) is 24.2 Å². The molecule has 0 radical (unpaired) electrons. The molecule has 6 rings (SSSR count). The summed E-state index contributed by atoms with van der Waals surface area (Å²) in [7, 11) is 0. The highest BCUT2D eigenvalue weighted by atomic mass is 16.6. The minimum atomic E-state index is -1.31. The van der Waals surface area contributed by atoms with Crippen molar-refractivity contribution in [3.8, 4) is 0 Å². The van der Waals surface area contributed by atoms with Crippen molar-refractivity contribution in [2.24, 2.45) is 17.0 Å². The molecule has 3 heterocycles. The maximum atomic E-state index is 14.0. The van der Waals surface area contributed by atoms with E-state index in [0.717, 1.165) is 30.2 Å². The van der Waals surface area contributed by atoms with E-state index < -0.39 is 11.7 Å². The summed E-state index contributed by atoms with van der Waals surface area (Å²) >= 11 is 0. The average Bonchev–Trinajstić information content (AvgIpc) is 3.07. The number of aromatic nitrogens is 2. The van der Waals surface area contributed by atoms with Gasteiger partial charge < -0.3 is 14.5 Å². The zero-order valence-corrected chi connectivity index (χ0v) is 23.3. The fourth-order valence-corrected chi connectivity index (χ4v) is 8.32. The summed E-state index contributed by atoms with van der Waals surface area (Å²) in [5.74, 6) is 0.448. The molecule has 2 aromatic rings. The summed E-state index contributed by atoms with van der Waals surface area (Å²) in [5, 5.41) is 13.8. The van der Waals surface area contributed by atoms with Crippen LogP contribution in [0.5, 0.6) is 0 Å². The van der Waals surface area contributed by atoms with Crippen molar-refractivity contribution in [1.82, 2.24) is 14.5 Å². The number of piperidine rings is 2. The Kier molecular flexibility index (Phi) is 7.49. The maximum Gasteiger partial charge on any atom is 0.360 e. The summed E-state index contributed by atoms with van der Waals surface area (Å²) in [6, 6.07) is 9.18.